The van der Waals surface area contributed by atoms with E-state index in [9.17, 15) is 8.78 Å². The smallest absolute Gasteiger partial charge is 0.229 e. The fraction of sp³-hybridized carbons (Fsp3) is 0.0476. The molecule has 0 aliphatic carbocycles. The van der Waals surface area contributed by atoms with Crippen molar-refractivity contribution in [3.8, 4) is 0 Å². The molecule has 4 aromatic rings. The van der Waals surface area contributed by atoms with E-state index in [2.05, 4.69) is 20.6 Å². The van der Waals surface area contributed by atoms with Gasteiger partial charge in [-0.1, -0.05) is 30.3 Å². The second-order valence-corrected chi connectivity index (χ2v) is 6.03. The van der Waals surface area contributed by atoms with Crippen LogP contribution in [0, 0.1) is 11.6 Å². The van der Waals surface area contributed by atoms with Crippen LogP contribution in [-0.4, -0.2) is 9.97 Å². The van der Waals surface area contributed by atoms with Gasteiger partial charge in [-0.2, -0.15) is 4.98 Å². The highest BCUT2D eigenvalue weighted by atomic mass is 19.1. The number of anilines is 3. The van der Waals surface area contributed by atoms with Crippen LogP contribution in [0.15, 0.2) is 72.8 Å². The predicted molar refractivity (Wildman–Crippen MR) is 103 cm³/mol. The number of hydrogen-bond donors (Lipinski definition) is 2. The SMILES string of the molecule is Fc1ccc(CNc2nc(Nc3cccc(F)c3)nc3ccccc23)cc1. The van der Waals surface area contributed by atoms with E-state index < -0.39 is 0 Å². The van der Waals surface area contributed by atoms with E-state index >= 15 is 0 Å². The van der Waals surface area contributed by atoms with E-state index in [0.29, 0.717) is 24.0 Å². The highest BCUT2D eigenvalue weighted by molar-refractivity contribution is 5.90. The number of hydrogen-bond acceptors (Lipinski definition) is 4. The molecule has 0 unspecified atom stereocenters. The summed E-state index contributed by atoms with van der Waals surface area (Å²) < 4.78 is 26.5. The van der Waals surface area contributed by atoms with E-state index in [1.165, 1.54) is 24.3 Å². The van der Waals surface area contributed by atoms with Crippen molar-refractivity contribution in [2.75, 3.05) is 10.6 Å². The molecule has 0 radical (unpaired) electrons. The molecule has 0 aliphatic heterocycles. The molecule has 4 rings (SSSR count). The van der Waals surface area contributed by atoms with Gasteiger partial charge in [0.15, 0.2) is 0 Å². The first-order chi connectivity index (χ1) is 13.2. The lowest BCUT2D eigenvalue weighted by Crippen LogP contribution is -2.06. The Bertz CT molecular complexity index is 1080. The quantitative estimate of drug-likeness (QED) is 0.508. The Labute approximate surface area is 154 Å². The van der Waals surface area contributed by atoms with Gasteiger partial charge < -0.3 is 10.6 Å². The highest BCUT2D eigenvalue weighted by Crippen LogP contribution is 2.24. The first-order valence-electron chi connectivity index (χ1n) is 8.45. The van der Waals surface area contributed by atoms with Gasteiger partial charge in [-0.05, 0) is 48.0 Å². The molecule has 0 saturated heterocycles. The third-order valence-electron chi connectivity index (χ3n) is 4.06. The van der Waals surface area contributed by atoms with Crippen molar-refractivity contribution in [2.24, 2.45) is 0 Å². The van der Waals surface area contributed by atoms with Gasteiger partial charge in [0, 0.05) is 17.6 Å². The molecule has 0 fully saturated rings. The van der Waals surface area contributed by atoms with Gasteiger partial charge in [-0.25, -0.2) is 13.8 Å². The molecule has 0 spiro atoms. The summed E-state index contributed by atoms with van der Waals surface area (Å²) in [6, 6.07) is 20.0. The Morgan fingerprint density at radius 1 is 0.778 bits per heavy atom. The third kappa shape index (κ3) is 4.00. The first-order valence-corrected chi connectivity index (χ1v) is 8.45. The molecule has 27 heavy (non-hydrogen) atoms. The van der Waals surface area contributed by atoms with Crippen LogP contribution in [0.3, 0.4) is 0 Å². The summed E-state index contributed by atoms with van der Waals surface area (Å²) in [5.41, 5.74) is 2.25. The molecule has 134 valence electrons. The van der Waals surface area contributed by atoms with Crippen molar-refractivity contribution < 1.29 is 8.78 Å². The first kappa shape index (κ1) is 16.9. The maximum absolute atomic E-state index is 13.4. The van der Waals surface area contributed by atoms with Gasteiger partial charge in [0.2, 0.25) is 5.95 Å². The number of rotatable bonds is 5. The van der Waals surface area contributed by atoms with Crippen LogP contribution in [-0.2, 0) is 6.54 Å². The summed E-state index contributed by atoms with van der Waals surface area (Å²) >= 11 is 0. The van der Waals surface area contributed by atoms with Crippen LogP contribution in [0.4, 0.5) is 26.2 Å². The highest BCUT2D eigenvalue weighted by Gasteiger charge is 2.08. The summed E-state index contributed by atoms with van der Waals surface area (Å²) in [5, 5.41) is 7.17. The Morgan fingerprint density at radius 3 is 2.41 bits per heavy atom. The van der Waals surface area contributed by atoms with Gasteiger partial charge in [0.1, 0.15) is 17.5 Å². The lowest BCUT2D eigenvalue weighted by Gasteiger charge is -2.12. The molecular weight excluding hydrogens is 346 g/mol. The topological polar surface area (TPSA) is 49.8 Å². The van der Waals surface area contributed by atoms with Gasteiger partial charge in [0.25, 0.3) is 0 Å². The van der Waals surface area contributed by atoms with Crippen molar-refractivity contribution in [2.45, 2.75) is 6.54 Å². The maximum atomic E-state index is 13.4. The van der Waals surface area contributed by atoms with Gasteiger partial charge >= 0.3 is 0 Å². The summed E-state index contributed by atoms with van der Waals surface area (Å²) in [6.45, 7) is 0.487. The van der Waals surface area contributed by atoms with Gasteiger partial charge in [0.05, 0.1) is 5.52 Å². The number of nitrogens with one attached hydrogen (secondary N) is 2. The lowest BCUT2D eigenvalue weighted by molar-refractivity contribution is 0.627. The number of para-hydroxylation sites is 1. The van der Waals surface area contributed by atoms with E-state index in [1.807, 2.05) is 24.3 Å². The van der Waals surface area contributed by atoms with Gasteiger partial charge in [-0.3, -0.25) is 0 Å². The molecule has 0 aliphatic rings. The minimum atomic E-state index is -0.338. The second-order valence-electron chi connectivity index (χ2n) is 6.03. The summed E-state index contributed by atoms with van der Waals surface area (Å²) in [5.74, 6) is 0.396. The third-order valence-corrected chi connectivity index (χ3v) is 4.06. The number of nitrogens with zero attached hydrogens (tertiary/aromatic N) is 2. The Kier molecular flexibility index (Phi) is 4.61. The van der Waals surface area contributed by atoms with E-state index in [4.69, 9.17) is 0 Å². The molecule has 2 N–H and O–H groups in total. The molecule has 0 saturated carbocycles. The second kappa shape index (κ2) is 7.37. The van der Waals surface area contributed by atoms with Crippen LogP contribution < -0.4 is 10.6 Å². The van der Waals surface area contributed by atoms with Crippen molar-refractivity contribution in [3.05, 3.63) is 90.0 Å². The van der Waals surface area contributed by atoms with Crippen LogP contribution in [0.1, 0.15) is 5.56 Å². The Morgan fingerprint density at radius 2 is 1.59 bits per heavy atom. The standard InChI is InChI=1S/C21H16F2N4/c22-15-10-8-14(9-11-15)13-24-20-18-6-1-2-7-19(18)26-21(27-20)25-17-5-3-4-16(23)12-17/h1-12H,13H2,(H2,24,25,26,27). The number of halogens is 2. The Balaban J connectivity index is 1.64. The van der Waals surface area contributed by atoms with Crippen LogP contribution in [0.2, 0.25) is 0 Å². The zero-order valence-corrected chi connectivity index (χ0v) is 14.3. The van der Waals surface area contributed by atoms with E-state index in [-0.39, 0.29) is 11.6 Å². The average molecular weight is 362 g/mol. The number of benzene rings is 3. The molecule has 3 aromatic carbocycles. The largest absolute Gasteiger partial charge is 0.365 e. The fourth-order valence-corrected chi connectivity index (χ4v) is 2.75. The van der Waals surface area contributed by atoms with Crippen LogP contribution in [0.5, 0.6) is 0 Å². The number of fused-ring (bicyclic) bond motifs is 1. The molecular formula is C21H16F2N4. The summed E-state index contributed by atoms with van der Waals surface area (Å²) in [6.07, 6.45) is 0. The molecule has 1 aromatic heterocycles. The summed E-state index contributed by atoms with van der Waals surface area (Å²) in [4.78, 5) is 9.02. The molecule has 4 nitrogen and oxygen atoms in total. The van der Waals surface area contributed by atoms with Crippen molar-refractivity contribution in [3.63, 3.8) is 0 Å². The predicted octanol–water partition coefficient (Wildman–Crippen LogP) is 5.26. The fourth-order valence-electron chi connectivity index (χ4n) is 2.75. The van der Waals surface area contributed by atoms with Crippen molar-refractivity contribution in [1.29, 1.82) is 0 Å². The molecule has 0 bridgehead atoms. The molecule has 0 atom stereocenters. The molecule has 1 heterocycles. The monoisotopic (exact) mass is 362 g/mol. The van der Waals surface area contributed by atoms with Gasteiger partial charge in [-0.15, -0.1) is 0 Å². The normalized spacial score (nSPS) is 10.7. The maximum Gasteiger partial charge on any atom is 0.229 e. The summed E-state index contributed by atoms with van der Waals surface area (Å²) in [7, 11) is 0. The van der Waals surface area contributed by atoms with E-state index in [1.54, 1.807) is 24.3 Å². The zero-order chi connectivity index (χ0) is 18.6. The Hall–Kier alpha value is -3.54. The van der Waals surface area contributed by atoms with Crippen molar-refractivity contribution in [1.82, 2.24) is 9.97 Å². The molecule has 6 heteroatoms. The zero-order valence-electron chi connectivity index (χ0n) is 14.3. The average Bonchev–Trinajstić information content (AvgIpc) is 2.67. The van der Waals surface area contributed by atoms with E-state index in [0.717, 1.165) is 16.5 Å². The van der Waals surface area contributed by atoms with Crippen LogP contribution >= 0.6 is 0 Å². The number of aromatic nitrogens is 2. The molecule has 0 amide bonds. The minimum absolute atomic E-state index is 0.271. The lowest BCUT2D eigenvalue weighted by atomic mass is 10.2. The van der Waals surface area contributed by atoms with Crippen LogP contribution in [0.25, 0.3) is 10.9 Å². The minimum Gasteiger partial charge on any atom is -0.365 e. The van der Waals surface area contributed by atoms with Crippen molar-refractivity contribution >= 4 is 28.4 Å².